The molecule has 21 heavy (non-hydrogen) atoms. The van der Waals surface area contributed by atoms with Crippen molar-refractivity contribution in [3.05, 3.63) is 57.8 Å². The first-order valence-corrected chi connectivity index (χ1v) is 6.79. The van der Waals surface area contributed by atoms with E-state index in [2.05, 4.69) is 20.9 Å². The van der Waals surface area contributed by atoms with Crippen molar-refractivity contribution in [3.8, 4) is 0 Å². The highest BCUT2D eigenvalue weighted by atomic mass is 79.9. The van der Waals surface area contributed by atoms with Crippen LogP contribution in [0.4, 0.5) is 19.1 Å². The van der Waals surface area contributed by atoms with Gasteiger partial charge < -0.3 is 10.3 Å². The van der Waals surface area contributed by atoms with Gasteiger partial charge in [0.2, 0.25) is 5.95 Å². The van der Waals surface area contributed by atoms with Crippen molar-refractivity contribution in [2.45, 2.75) is 6.54 Å². The molecule has 2 aromatic carbocycles. The number of benzene rings is 2. The van der Waals surface area contributed by atoms with Crippen LogP contribution in [0.5, 0.6) is 0 Å². The smallest absolute Gasteiger partial charge is 0.201 e. The Hall–Kier alpha value is -2.02. The normalized spacial score (nSPS) is 11.2. The second kappa shape index (κ2) is 5.07. The summed E-state index contributed by atoms with van der Waals surface area (Å²) >= 11 is 3.09. The van der Waals surface area contributed by atoms with Crippen LogP contribution in [0.25, 0.3) is 11.0 Å². The number of hydrogen-bond donors (Lipinski definition) is 1. The van der Waals surface area contributed by atoms with Crippen LogP contribution in [-0.2, 0) is 6.54 Å². The van der Waals surface area contributed by atoms with Gasteiger partial charge >= 0.3 is 0 Å². The summed E-state index contributed by atoms with van der Waals surface area (Å²) in [5, 5.41) is 0. The number of imidazole rings is 1. The maximum absolute atomic E-state index is 13.7. The molecule has 0 spiro atoms. The second-order valence-electron chi connectivity index (χ2n) is 4.55. The summed E-state index contributed by atoms with van der Waals surface area (Å²) < 4.78 is 41.9. The molecule has 3 rings (SSSR count). The summed E-state index contributed by atoms with van der Waals surface area (Å²) in [7, 11) is 0. The van der Waals surface area contributed by atoms with Gasteiger partial charge in [0.15, 0.2) is 0 Å². The molecule has 0 unspecified atom stereocenters. The number of aromatic nitrogens is 2. The van der Waals surface area contributed by atoms with Gasteiger partial charge in [-0.2, -0.15) is 0 Å². The summed E-state index contributed by atoms with van der Waals surface area (Å²) in [5.74, 6) is -1.65. The van der Waals surface area contributed by atoms with E-state index in [1.165, 1.54) is 28.8 Å². The van der Waals surface area contributed by atoms with E-state index in [0.29, 0.717) is 11.0 Å². The monoisotopic (exact) mass is 355 g/mol. The molecule has 0 atom stereocenters. The lowest BCUT2D eigenvalue weighted by Crippen LogP contribution is -2.06. The number of hydrogen-bond acceptors (Lipinski definition) is 2. The standard InChI is InChI=1S/C14H9BrF3N3/c15-9-4-13-12(5-11(9)18)20-14(19)21(13)6-7-1-2-8(16)3-10(7)17/h1-5H,6H2,(H2,19,20). The topological polar surface area (TPSA) is 43.8 Å². The van der Waals surface area contributed by atoms with Crippen molar-refractivity contribution in [2.75, 3.05) is 5.73 Å². The third-order valence-electron chi connectivity index (χ3n) is 3.16. The zero-order valence-corrected chi connectivity index (χ0v) is 12.2. The molecular weight excluding hydrogens is 347 g/mol. The molecule has 3 nitrogen and oxygen atoms in total. The average Bonchev–Trinajstić information content (AvgIpc) is 2.69. The minimum atomic E-state index is -0.669. The molecule has 1 aromatic heterocycles. The van der Waals surface area contributed by atoms with Crippen molar-refractivity contribution in [1.29, 1.82) is 0 Å². The highest BCUT2D eigenvalue weighted by Gasteiger charge is 2.13. The summed E-state index contributed by atoms with van der Waals surface area (Å²) in [6.07, 6.45) is 0. The highest BCUT2D eigenvalue weighted by Crippen LogP contribution is 2.26. The summed E-state index contributed by atoms with van der Waals surface area (Å²) in [6, 6.07) is 6.08. The van der Waals surface area contributed by atoms with Gasteiger partial charge in [0, 0.05) is 17.7 Å². The summed E-state index contributed by atoms with van der Waals surface area (Å²) in [4.78, 5) is 4.04. The Bertz CT molecular complexity index is 845. The molecular formula is C14H9BrF3N3. The van der Waals surface area contributed by atoms with Crippen LogP contribution in [0.15, 0.2) is 34.8 Å². The van der Waals surface area contributed by atoms with Gasteiger partial charge in [0.05, 0.1) is 22.1 Å². The van der Waals surface area contributed by atoms with Crippen LogP contribution in [0.3, 0.4) is 0 Å². The number of fused-ring (bicyclic) bond motifs is 1. The van der Waals surface area contributed by atoms with Crippen molar-refractivity contribution in [3.63, 3.8) is 0 Å². The number of nitrogen functional groups attached to an aromatic ring is 1. The molecule has 0 bridgehead atoms. The molecule has 0 saturated heterocycles. The van der Waals surface area contributed by atoms with Crippen LogP contribution in [-0.4, -0.2) is 9.55 Å². The SMILES string of the molecule is Nc1nc2cc(F)c(Br)cc2n1Cc1ccc(F)cc1F. The van der Waals surface area contributed by atoms with E-state index in [-0.39, 0.29) is 22.5 Å². The Morgan fingerprint density at radius 1 is 1.10 bits per heavy atom. The lowest BCUT2D eigenvalue weighted by Gasteiger charge is -2.08. The van der Waals surface area contributed by atoms with Gasteiger partial charge in [0.25, 0.3) is 0 Å². The highest BCUT2D eigenvalue weighted by molar-refractivity contribution is 9.10. The van der Waals surface area contributed by atoms with Gasteiger partial charge in [-0.3, -0.25) is 0 Å². The van der Waals surface area contributed by atoms with E-state index in [4.69, 9.17) is 5.73 Å². The number of halogens is 4. The Kier molecular flexibility index (Phi) is 3.36. The van der Waals surface area contributed by atoms with Crippen molar-refractivity contribution < 1.29 is 13.2 Å². The fourth-order valence-corrected chi connectivity index (χ4v) is 2.46. The predicted octanol–water partition coefficient (Wildman–Crippen LogP) is 3.85. The Morgan fingerprint density at radius 2 is 1.86 bits per heavy atom. The molecule has 1 heterocycles. The number of rotatable bonds is 2. The first-order valence-electron chi connectivity index (χ1n) is 6.00. The van der Waals surface area contributed by atoms with Crippen molar-refractivity contribution in [1.82, 2.24) is 9.55 Å². The lowest BCUT2D eigenvalue weighted by molar-refractivity contribution is 0.568. The molecule has 0 amide bonds. The Labute approximate surface area is 126 Å². The number of anilines is 1. The van der Waals surface area contributed by atoms with Crippen LogP contribution in [0.2, 0.25) is 0 Å². The Balaban J connectivity index is 2.12. The van der Waals surface area contributed by atoms with Crippen molar-refractivity contribution >= 4 is 32.9 Å². The molecule has 0 aliphatic rings. The van der Waals surface area contributed by atoms with E-state index in [1.54, 1.807) is 0 Å². The summed E-state index contributed by atoms with van der Waals surface area (Å²) in [5.41, 5.74) is 7.00. The molecule has 0 saturated carbocycles. The van der Waals surface area contributed by atoms with Gasteiger partial charge in [-0.25, -0.2) is 18.2 Å². The molecule has 7 heteroatoms. The van der Waals surface area contributed by atoms with E-state index in [1.807, 2.05) is 0 Å². The van der Waals surface area contributed by atoms with Gasteiger partial charge in [-0.15, -0.1) is 0 Å². The van der Waals surface area contributed by atoms with E-state index < -0.39 is 17.5 Å². The molecule has 108 valence electrons. The molecule has 0 fully saturated rings. The maximum atomic E-state index is 13.7. The zero-order valence-electron chi connectivity index (χ0n) is 10.6. The molecule has 0 aliphatic heterocycles. The minimum absolute atomic E-state index is 0.0759. The fraction of sp³-hybridized carbons (Fsp3) is 0.0714. The van der Waals surface area contributed by atoms with Crippen LogP contribution in [0.1, 0.15) is 5.56 Å². The zero-order chi connectivity index (χ0) is 15.1. The third-order valence-corrected chi connectivity index (χ3v) is 3.77. The molecule has 0 aliphatic carbocycles. The molecule has 0 radical (unpaired) electrons. The van der Waals surface area contributed by atoms with Crippen LogP contribution < -0.4 is 5.73 Å². The maximum Gasteiger partial charge on any atom is 0.201 e. The molecule has 3 aromatic rings. The predicted molar refractivity (Wildman–Crippen MR) is 77.3 cm³/mol. The fourth-order valence-electron chi connectivity index (χ4n) is 2.13. The largest absolute Gasteiger partial charge is 0.369 e. The lowest BCUT2D eigenvalue weighted by atomic mass is 10.2. The van der Waals surface area contributed by atoms with E-state index >= 15 is 0 Å². The second-order valence-corrected chi connectivity index (χ2v) is 5.40. The quantitative estimate of drug-likeness (QED) is 0.758. The molecule has 2 N–H and O–H groups in total. The third kappa shape index (κ3) is 2.49. The number of nitrogens with zero attached hydrogens (tertiary/aromatic N) is 2. The number of nitrogens with two attached hydrogens (primary N) is 1. The van der Waals surface area contributed by atoms with Crippen LogP contribution in [0, 0.1) is 17.5 Å². The van der Waals surface area contributed by atoms with Gasteiger partial charge in [-0.1, -0.05) is 6.07 Å². The Morgan fingerprint density at radius 3 is 2.57 bits per heavy atom. The van der Waals surface area contributed by atoms with Gasteiger partial charge in [0.1, 0.15) is 17.5 Å². The van der Waals surface area contributed by atoms with Crippen molar-refractivity contribution in [2.24, 2.45) is 0 Å². The average molecular weight is 356 g/mol. The van der Waals surface area contributed by atoms with Crippen LogP contribution >= 0.6 is 15.9 Å². The first kappa shape index (κ1) is 13.9. The van der Waals surface area contributed by atoms with Gasteiger partial charge in [-0.05, 0) is 28.1 Å². The summed E-state index contributed by atoms with van der Waals surface area (Å²) in [6.45, 7) is 0.0759. The minimum Gasteiger partial charge on any atom is -0.369 e. The van der Waals surface area contributed by atoms with E-state index in [9.17, 15) is 13.2 Å². The first-order chi connectivity index (χ1) is 9.95. The van der Waals surface area contributed by atoms with E-state index in [0.717, 1.165) is 6.07 Å².